The summed E-state index contributed by atoms with van der Waals surface area (Å²) in [5.41, 5.74) is 0.777. The van der Waals surface area contributed by atoms with E-state index in [4.69, 9.17) is 18.9 Å². The summed E-state index contributed by atoms with van der Waals surface area (Å²) in [6.45, 7) is 6.63. The van der Waals surface area contributed by atoms with Crippen molar-refractivity contribution in [2.24, 2.45) is 17.8 Å². The maximum atomic E-state index is 12.4. The van der Waals surface area contributed by atoms with Gasteiger partial charge in [-0.05, 0) is 54.4 Å². The van der Waals surface area contributed by atoms with Crippen molar-refractivity contribution in [2.45, 2.75) is 46.1 Å². The van der Waals surface area contributed by atoms with E-state index < -0.39 is 0 Å². The molecule has 3 unspecified atom stereocenters. The van der Waals surface area contributed by atoms with Gasteiger partial charge in [0.05, 0.1) is 21.3 Å². The topological polar surface area (TPSA) is 54.0 Å². The molecule has 27 heavy (non-hydrogen) atoms. The molecule has 1 aromatic carbocycles. The van der Waals surface area contributed by atoms with E-state index in [1.54, 1.807) is 39.5 Å². The molecule has 150 valence electrons. The van der Waals surface area contributed by atoms with E-state index in [1.165, 1.54) is 12.5 Å². The fourth-order valence-corrected chi connectivity index (χ4v) is 3.80. The lowest BCUT2D eigenvalue weighted by Crippen LogP contribution is -2.35. The summed E-state index contributed by atoms with van der Waals surface area (Å²) < 4.78 is 21.8. The molecule has 0 heterocycles. The van der Waals surface area contributed by atoms with Crippen LogP contribution in [0, 0.1) is 17.8 Å². The number of ether oxygens (including phenoxy) is 4. The monoisotopic (exact) mass is 376 g/mol. The second-order valence-corrected chi connectivity index (χ2v) is 7.59. The molecule has 5 nitrogen and oxygen atoms in total. The lowest BCUT2D eigenvalue weighted by Gasteiger charge is -2.36. The van der Waals surface area contributed by atoms with Gasteiger partial charge < -0.3 is 18.9 Å². The molecule has 0 N–H and O–H groups in total. The molecule has 1 fully saturated rings. The number of hydrogen-bond acceptors (Lipinski definition) is 5. The predicted molar refractivity (Wildman–Crippen MR) is 106 cm³/mol. The van der Waals surface area contributed by atoms with Gasteiger partial charge in [-0.2, -0.15) is 0 Å². The minimum atomic E-state index is -0.312. The largest absolute Gasteiger partial charge is 0.493 e. The number of hydrogen-bond donors (Lipinski definition) is 0. The summed E-state index contributed by atoms with van der Waals surface area (Å²) in [6, 6.07) is 3.59. The Labute approximate surface area is 162 Å². The van der Waals surface area contributed by atoms with Crippen molar-refractivity contribution in [1.82, 2.24) is 0 Å². The summed E-state index contributed by atoms with van der Waals surface area (Å²) in [5, 5.41) is 0. The Hall–Kier alpha value is -2.17. The zero-order chi connectivity index (χ0) is 20.0. The molecule has 0 saturated heterocycles. The molecule has 5 heteroatoms. The summed E-state index contributed by atoms with van der Waals surface area (Å²) in [4.78, 5) is 12.4. The van der Waals surface area contributed by atoms with Gasteiger partial charge in [0.25, 0.3) is 0 Å². The van der Waals surface area contributed by atoms with Crippen molar-refractivity contribution < 1.29 is 23.7 Å². The van der Waals surface area contributed by atoms with E-state index in [0.717, 1.165) is 18.4 Å². The van der Waals surface area contributed by atoms with Crippen LogP contribution in [0.5, 0.6) is 17.2 Å². The third kappa shape index (κ3) is 5.41. The van der Waals surface area contributed by atoms with Crippen LogP contribution >= 0.6 is 0 Å². The standard InChI is InChI=1S/C22H32O5/c1-14(2)17-9-7-15(3)11-18(17)27-21(23)10-8-16-12-19(24-4)22(26-6)20(13-16)25-5/h8,10,12-15,17-18H,7,9,11H2,1-6H3. The predicted octanol–water partition coefficient (Wildman–Crippen LogP) is 4.73. The van der Waals surface area contributed by atoms with Gasteiger partial charge in [0.15, 0.2) is 11.5 Å². The molecule has 3 atom stereocenters. The molecule has 0 aromatic heterocycles. The van der Waals surface area contributed by atoms with Gasteiger partial charge in [-0.1, -0.05) is 27.2 Å². The summed E-state index contributed by atoms with van der Waals surface area (Å²) in [7, 11) is 4.69. The maximum absolute atomic E-state index is 12.4. The van der Waals surface area contributed by atoms with Gasteiger partial charge in [-0.3, -0.25) is 0 Å². The van der Waals surface area contributed by atoms with E-state index in [-0.39, 0.29) is 12.1 Å². The Morgan fingerprint density at radius 1 is 1.07 bits per heavy atom. The highest BCUT2D eigenvalue weighted by molar-refractivity contribution is 5.87. The van der Waals surface area contributed by atoms with Gasteiger partial charge in [-0.25, -0.2) is 4.79 Å². The first-order valence-electron chi connectivity index (χ1n) is 9.58. The number of esters is 1. The Bertz CT molecular complexity index is 640. The molecule has 0 aliphatic heterocycles. The van der Waals surface area contributed by atoms with Crippen LogP contribution in [0.15, 0.2) is 18.2 Å². The second-order valence-electron chi connectivity index (χ2n) is 7.59. The zero-order valence-electron chi connectivity index (χ0n) is 17.3. The molecule has 0 spiro atoms. The van der Waals surface area contributed by atoms with Gasteiger partial charge >= 0.3 is 5.97 Å². The second kappa shape index (κ2) is 9.67. The quantitative estimate of drug-likeness (QED) is 0.509. The van der Waals surface area contributed by atoms with Gasteiger partial charge in [0.1, 0.15) is 6.10 Å². The minimum absolute atomic E-state index is 0.00848. The molecular formula is C22H32O5. The first-order valence-corrected chi connectivity index (χ1v) is 9.58. The molecule has 1 aliphatic carbocycles. The van der Waals surface area contributed by atoms with E-state index in [2.05, 4.69) is 20.8 Å². The maximum Gasteiger partial charge on any atom is 0.331 e. The van der Waals surface area contributed by atoms with E-state index in [0.29, 0.717) is 35.0 Å². The normalized spacial score (nSPS) is 22.7. The van der Waals surface area contributed by atoms with Crippen LogP contribution in [0.4, 0.5) is 0 Å². The fraction of sp³-hybridized carbons (Fsp3) is 0.591. The Morgan fingerprint density at radius 3 is 2.22 bits per heavy atom. The van der Waals surface area contributed by atoms with Crippen LogP contribution in [0.1, 0.15) is 45.6 Å². The third-order valence-corrected chi connectivity index (χ3v) is 5.33. The molecule has 0 amide bonds. The van der Waals surface area contributed by atoms with E-state index in [1.807, 2.05) is 0 Å². The first kappa shape index (κ1) is 21.1. The number of benzene rings is 1. The molecule has 0 radical (unpaired) electrons. The highest BCUT2D eigenvalue weighted by Gasteiger charge is 2.32. The van der Waals surface area contributed by atoms with Gasteiger partial charge in [0, 0.05) is 6.08 Å². The van der Waals surface area contributed by atoms with Gasteiger partial charge in [0.2, 0.25) is 5.75 Å². The molecule has 0 bridgehead atoms. The lowest BCUT2D eigenvalue weighted by atomic mass is 9.75. The lowest BCUT2D eigenvalue weighted by molar-refractivity contribution is -0.149. The van der Waals surface area contributed by atoms with Crippen molar-refractivity contribution in [2.75, 3.05) is 21.3 Å². The molecular weight excluding hydrogens is 344 g/mol. The first-order chi connectivity index (χ1) is 12.9. The highest BCUT2D eigenvalue weighted by atomic mass is 16.5. The Morgan fingerprint density at radius 2 is 1.70 bits per heavy atom. The Balaban J connectivity index is 2.11. The summed E-state index contributed by atoms with van der Waals surface area (Å²) in [6.07, 6.45) is 6.43. The molecule has 2 rings (SSSR count). The average molecular weight is 376 g/mol. The van der Waals surface area contributed by atoms with Crippen molar-refractivity contribution >= 4 is 12.0 Å². The summed E-state index contributed by atoms with van der Waals surface area (Å²) in [5.74, 6) is 2.84. The van der Waals surface area contributed by atoms with Crippen molar-refractivity contribution in [3.63, 3.8) is 0 Å². The van der Waals surface area contributed by atoms with Crippen LogP contribution < -0.4 is 14.2 Å². The van der Waals surface area contributed by atoms with E-state index >= 15 is 0 Å². The van der Waals surface area contributed by atoms with Crippen LogP contribution in [0.2, 0.25) is 0 Å². The van der Waals surface area contributed by atoms with Crippen molar-refractivity contribution in [1.29, 1.82) is 0 Å². The average Bonchev–Trinajstić information content (AvgIpc) is 2.65. The molecule has 1 aromatic rings. The molecule has 1 saturated carbocycles. The van der Waals surface area contributed by atoms with Crippen LogP contribution in [0.25, 0.3) is 6.08 Å². The molecule has 1 aliphatic rings. The fourth-order valence-electron chi connectivity index (χ4n) is 3.80. The zero-order valence-corrected chi connectivity index (χ0v) is 17.3. The van der Waals surface area contributed by atoms with Crippen molar-refractivity contribution in [3.8, 4) is 17.2 Å². The smallest absolute Gasteiger partial charge is 0.331 e. The highest BCUT2D eigenvalue weighted by Crippen LogP contribution is 2.39. The third-order valence-electron chi connectivity index (χ3n) is 5.33. The van der Waals surface area contributed by atoms with Crippen LogP contribution in [-0.4, -0.2) is 33.4 Å². The number of carbonyl (C=O) groups is 1. The number of carbonyl (C=O) groups excluding carboxylic acids is 1. The van der Waals surface area contributed by atoms with E-state index in [9.17, 15) is 4.79 Å². The van der Waals surface area contributed by atoms with Crippen LogP contribution in [-0.2, 0) is 9.53 Å². The number of rotatable bonds is 7. The summed E-state index contributed by atoms with van der Waals surface area (Å²) >= 11 is 0. The van der Waals surface area contributed by atoms with Crippen molar-refractivity contribution in [3.05, 3.63) is 23.8 Å². The van der Waals surface area contributed by atoms with Gasteiger partial charge in [-0.15, -0.1) is 0 Å². The SMILES string of the molecule is COc1cc(C=CC(=O)OC2CC(C)CCC2C(C)C)cc(OC)c1OC. The Kier molecular flexibility index (Phi) is 7.57. The minimum Gasteiger partial charge on any atom is -0.493 e. The van der Waals surface area contributed by atoms with Crippen LogP contribution in [0.3, 0.4) is 0 Å². The number of methoxy groups -OCH3 is 3.